The van der Waals surface area contributed by atoms with Crippen molar-refractivity contribution in [1.29, 1.82) is 0 Å². The van der Waals surface area contributed by atoms with Crippen LogP contribution in [0.5, 0.6) is 11.6 Å². The van der Waals surface area contributed by atoms with Crippen molar-refractivity contribution in [2.75, 3.05) is 5.73 Å². The van der Waals surface area contributed by atoms with Crippen molar-refractivity contribution in [2.45, 2.75) is 19.8 Å². The normalized spacial score (nSPS) is 10.7. The predicted octanol–water partition coefficient (Wildman–Crippen LogP) is 4.23. The maximum absolute atomic E-state index is 5.80. The first kappa shape index (κ1) is 12.7. The quantitative estimate of drug-likeness (QED) is 0.900. The molecule has 0 bridgehead atoms. The van der Waals surface area contributed by atoms with E-state index in [2.05, 4.69) is 24.9 Å². The van der Waals surface area contributed by atoms with Gasteiger partial charge in [0.1, 0.15) is 5.75 Å². The number of pyridine rings is 1. The minimum atomic E-state index is 0.375. The number of rotatable bonds is 3. The molecule has 0 saturated heterocycles. The fraction of sp³-hybridized carbons (Fsp3) is 0.214. The van der Waals surface area contributed by atoms with E-state index in [-0.39, 0.29) is 0 Å². The number of hydrogen-bond donors (Lipinski definition) is 1. The van der Waals surface area contributed by atoms with Crippen LogP contribution in [0, 0.1) is 0 Å². The SMILES string of the molecule is CC(C)c1cccc(Oc2ncc(Cl)cc2N)c1. The van der Waals surface area contributed by atoms with Gasteiger partial charge in [-0.3, -0.25) is 0 Å². The zero-order chi connectivity index (χ0) is 13.1. The molecule has 0 unspecified atom stereocenters. The first-order valence-corrected chi connectivity index (χ1v) is 6.13. The van der Waals surface area contributed by atoms with Gasteiger partial charge in [-0.05, 0) is 29.7 Å². The van der Waals surface area contributed by atoms with Crippen LogP contribution in [0.15, 0.2) is 36.5 Å². The van der Waals surface area contributed by atoms with Gasteiger partial charge in [0.15, 0.2) is 0 Å². The van der Waals surface area contributed by atoms with E-state index in [1.165, 1.54) is 11.8 Å². The van der Waals surface area contributed by atoms with Crippen molar-refractivity contribution in [1.82, 2.24) is 4.98 Å². The number of halogens is 1. The predicted molar refractivity (Wildman–Crippen MR) is 74.3 cm³/mol. The lowest BCUT2D eigenvalue weighted by Crippen LogP contribution is -1.95. The highest BCUT2D eigenvalue weighted by molar-refractivity contribution is 6.30. The van der Waals surface area contributed by atoms with Crippen LogP contribution in [0.4, 0.5) is 5.69 Å². The Bertz CT molecular complexity index is 555. The molecule has 2 aromatic rings. The molecule has 1 aromatic heterocycles. The second-order valence-corrected chi connectivity index (χ2v) is 4.81. The van der Waals surface area contributed by atoms with Crippen molar-refractivity contribution in [3.8, 4) is 11.6 Å². The fourth-order valence-electron chi connectivity index (χ4n) is 1.58. The summed E-state index contributed by atoms with van der Waals surface area (Å²) >= 11 is 5.79. The summed E-state index contributed by atoms with van der Waals surface area (Å²) in [7, 11) is 0. The van der Waals surface area contributed by atoms with Gasteiger partial charge in [0.25, 0.3) is 0 Å². The minimum Gasteiger partial charge on any atom is -0.437 e. The van der Waals surface area contributed by atoms with Crippen LogP contribution in [0.3, 0.4) is 0 Å². The maximum atomic E-state index is 5.80. The molecule has 0 radical (unpaired) electrons. The van der Waals surface area contributed by atoms with Crippen LogP contribution in [-0.4, -0.2) is 4.98 Å². The van der Waals surface area contributed by atoms with E-state index in [0.717, 1.165) is 5.75 Å². The summed E-state index contributed by atoms with van der Waals surface area (Å²) in [4.78, 5) is 4.07. The van der Waals surface area contributed by atoms with Crippen LogP contribution < -0.4 is 10.5 Å². The third-order valence-corrected chi connectivity index (χ3v) is 2.79. The second kappa shape index (κ2) is 5.27. The maximum Gasteiger partial charge on any atom is 0.242 e. The van der Waals surface area contributed by atoms with Crippen LogP contribution in [0.2, 0.25) is 5.02 Å². The molecule has 2 N–H and O–H groups in total. The average Bonchev–Trinajstić information content (AvgIpc) is 2.33. The number of ether oxygens (including phenoxy) is 1. The molecule has 0 spiro atoms. The Kier molecular flexibility index (Phi) is 3.72. The third-order valence-electron chi connectivity index (χ3n) is 2.58. The van der Waals surface area contributed by atoms with E-state index in [1.807, 2.05) is 18.2 Å². The number of nitrogen functional groups attached to an aromatic ring is 1. The molecule has 4 heteroatoms. The molecule has 0 aliphatic carbocycles. The number of aromatic nitrogens is 1. The van der Waals surface area contributed by atoms with E-state index < -0.39 is 0 Å². The van der Waals surface area contributed by atoms with Gasteiger partial charge >= 0.3 is 0 Å². The number of nitrogens with zero attached hydrogens (tertiary/aromatic N) is 1. The van der Waals surface area contributed by atoms with Crippen molar-refractivity contribution >= 4 is 17.3 Å². The zero-order valence-electron chi connectivity index (χ0n) is 10.4. The summed E-state index contributed by atoms with van der Waals surface area (Å²) in [5, 5.41) is 0.496. The van der Waals surface area contributed by atoms with Crippen LogP contribution in [0.25, 0.3) is 0 Å². The zero-order valence-corrected chi connectivity index (χ0v) is 11.1. The molecular weight excluding hydrogens is 248 g/mol. The molecular formula is C14H15ClN2O. The Hall–Kier alpha value is -1.74. The molecule has 18 heavy (non-hydrogen) atoms. The Labute approximate surface area is 112 Å². The van der Waals surface area contributed by atoms with Gasteiger partial charge in [0.05, 0.1) is 10.7 Å². The molecule has 0 atom stereocenters. The molecule has 0 fully saturated rings. The first-order valence-electron chi connectivity index (χ1n) is 5.75. The van der Waals surface area contributed by atoms with Gasteiger partial charge in [-0.25, -0.2) is 4.98 Å². The summed E-state index contributed by atoms with van der Waals surface area (Å²) in [5.41, 5.74) is 7.43. The van der Waals surface area contributed by atoms with Gasteiger partial charge in [-0.15, -0.1) is 0 Å². The molecule has 1 heterocycles. The van der Waals surface area contributed by atoms with Crippen molar-refractivity contribution in [3.05, 3.63) is 47.1 Å². The fourth-order valence-corrected chi connectivity index (χ4v) is 1.74. The lowest BCUT2D eigenvalue weighted by molar-refractivity contribution is 0.464. The smallest absolute Gasteiger partial charge is 0.242 e. The average molecular weight is 263 g/mol. The van der Waals surface area contributed by atoms with E-state index in [0.29, 0.717) is 22.5 Å². The third kappa shape index (κ3) is 2.93. The molecule has 1 aromatic carbocycles. The molecule has 0 aliphatic heterocycles. The van der Waals surface area contributed by atoms with Crippen molar-refractivity contribution in [2.24, 2.45) is 0 Å². The Morgan fingerprint density at radius 3 is 2.72 bits per heavy atom. The Balaban J connectivity index is 2.25. The Morgan fingerprint density at radius 2 is 2.06 bits per heavy atom. The van der Waals surface area contributed by atoms with Gasteiger partial charge < -0.3 is 10.5 Å². The van der Waals surface area contributed by atoms with Gasteiger partial charge in [0, 0.05) is 6.20 Å². The van der Waals surface area contributed by atoms with E-state index in [9.17, 15) is 0 Å². The molecule has 0 aliphatic rings. The highest BCUT2D eigenvalue weighted by atomic mass is 35.5. The van der Waals surface area contributed by atoms with E-state index in [1.54, 1.807) is 6.07 Å². The van der Waals surface area contributed by atoms with Crippen LogP contribution in [0.1, 0.15) is 25.3 Å². The van der Waals surface area contributed by atoms with Gasteiger partial charge in [-0.2, -0.15) is 0 Å². The van der Waals surface area contributed by atoms with Crippen molar-refractivity contribution in [3.63, 3.8) is 0 Å². The summed E-state index contributed by atoms with van der Waals surface area (Å²) in [6.07, 6.45) is 1.51. The monoisotopic (exact) mass is 262 g/mol. The standard InChI is InChI=1S/C14H15ClN2O/c1-9(2)10-4-3-5-12(6-10)18-14-13(16)7-11(15)8-17-14/h3-9H,16H2,1-2H3. The molecule has 0 amide bonds. The molecule has 2 rings (SSSR count). The minimum absolute atomic E-state index is 0.375. The van der Waals surface area contributed by atoms with E-state index in [4.69, 9.17) is 22.1 Å². The molecule has 94 valence electrons. The number of hydrogen-bond acceptors (Lipinski definition) is 3. The van der Waals surface area contributed by atoms with Gasteiger partial charge in [0.2, 0.25) is 5.88 Å². The van der Waals surface area contributed by atoms with Crippen molar-refractivity contribution < 1.29 is 4.74 Å². The second-order valence-electron chi connectivity index (χ2n) is 4.38. The number of nitrogens with two attached hydrogens (primary N) is 1. The highest BCUT2D eigenvalue weighted by Gasteiger charge is 2.06. The summed E-state index contributed by atoms with van der Waals surface area (Å²) in [5.74, 6) is 1.55. The van der Waals surface area contributed by atoms with Crippen LogP contribution >= 0.6 is 11.6 Å². The van der Waals surface area contributed by atoms with E-state index >= 15 is 0 Å². The van der Waals surface area contributed by atoms with Crippen LogP contribution in [-0.2, 0) is 0 Å². The summed E-state index contributed by atoms with van der Waals surface area (Å²) < 4.78 is 5.66. The molecule has 0 saturated carbocycles. The largest absolute Gasteiger partial charge is 0.437 e. The van der Waals surface area contributed by atoms with Gasteiger partial charge in [-0.1, -0.05) is 37.6 Å². The first-order chi connectivity index (χ1) is 8.56. The Morgan fingerprint density at radius 1 is 1.28 bits per heavy atom. The molecule has 3 nitrogen and oxygen atoms in total. The topological polar surface area (TPSA) is 48.1 Å². The highest BCUT2D eigenvalue weighted by Crippen LogP contribution is 2.28. The lowest BCUT2D eigenvalue weighted by Gasteiger charge is -2.10. The number of anilines is 1. The lowest BCUT2D eigenvalue weighted by atomic mass is 10.0. The summed E-state index contributed by atoms with van der Waals surface area (Å²) in [6.45, 7) is 4.27. The number of benzene rings is 1. The summed E-state index contributed by atoms with van der Waals surface area (Å²) in [6, 6.07) is 9.51.